The van der Waals surface area contributed by atoms with Crippen LogP contribution in [0.2, 0.25) is 0 Å². The van der Waals surface area contributed by atoms with Crippen LogP contribution < -0.4 is 4.74 Å². The van der Waals surface area contributed by atoms with Crippen LogP contribution in [-0.2, 0) is 9.53 Å². The fraction of sp³-hybridized carbons (Fsp3) is 0.560. The molecule has 2 aliphatic rings. The van der Waals surface area contributed by atoms with Gasteiger partial charge in [-0.25, -0.2) is 4.68 Å². The molecule has 0 spiro atoms. The van der Waals surface area contributed by atoms with Crippen molar-refractivity contribution in [3.8, 4) is 17.6 Å². The number of carbonyl (C=O) groups is 1. The lowest BCUT2D eigenvalue weighted by molar-refractivity contribution is -0.138. The summed E-state index contributed by atoms with van der Waals surface area (Å²) in [4.78, 5) is 14.7. The maximum absolute atomic E-state index is 12.7. The van der Waals surface area contributed by atoms with Crippen molar-refractivity contribution in [1.82, 2.24) is 19.9 Å². The van der Waals surface area contributed by atoms with E-state index in [9.17, 15) is 4.79 Å². The van der Waals surface area contributed by atoms with Gasteiger partial charge < -0.3 is 14.4 Å². The number of hydrogen-bond acceptors (Lipinski definition) is 5. The SMILES string of the molecule is COc1ccc(C#Cc2cn([C@H](C)C[C@@H]3CC[C@H]([C@@H](C)C(=O)N4CCCC4)O3)nn2)cc1. The molecule has 0 N–H and O–H groups in total. The number of hydrogen-bond donors (Lipinski definition) is 0. The highest BCUT2D eigenvalue weighted by Crippen LogP contribution is 2.31. The second-order valence-electron chi connectivity index (χ2n) is 8.84. The van der Waals surface area contributed by atoms with Crippen molar-refractivity contribution in [2.24, 2.45) is 5.92 Å². The molecule has 3 heterocycles. The van der Waals surface area contributed by atoms with E-state index in [1.807, 2.05) is 47.0 Å². The Kier molecular flexibility index (Phi) is 7.11. The third kappa shape index (κ3) is 5.31. The second-order valence-corrected chi connectivity index (χ2v) is 8.84. The van der Waals surface area contributed by atoms with Crippen LogP contribution in [0, 0.1) is 17.8 Å². The smallest absolute Gasteiger partial charge is 0.228 e. The molecule has 1 amide bonds. The molecule has 7 heteroatoms. The zero-order chi connectivity index (χ0) is 22.5. The highest BCUT2D eigenvalue weighted by atomic mass is 16.5. The highest BCUT2D eigenvalue weighted by molar-refractivity contribution is 5.79. The molecule has 2 fully saturated rings. The highest BCUT2D eigenvalue weighted by Gasteiger charge is 2.36. The van der Waals surface area contributed by atoms with E-state index < -0.39 is 0 Å². The number of likely N-dealkylation sites (tertiary alicyclic amines) is 1. The fourth-order valence-electron chi connectivity index (χ4n) is 4.51. The Morgan fingerprint density at radius 1 is 1.19 bits per heavy atom. The molecule has 0 radical (unpaired) electrons. The number of methoxy groups -OCH3 is 1. The Hall–Kier alpha value is -2.85. The van der Waals surface area contributed by atoms with Crippen LogP contribution in [-0.4, -0.2) is 58.2 Å². The van der Waals surface area contributed by atoms with Crippen molar-refractivity contribution in [3.63, 3.8) is 0 Å². The Bertz CT molecular complexity index is 969. The van der Waals surface area contributed by atoms with E-state index >= 15 is 0 Å². The van der Waals surface area contributed by atoms with Gasteiger partial charge in [0.15, 0.2) is 5.69 Å². The van der Waals surface area contributed by atoms with E-state index in [0.717, 1.165) is 56.5 Å². The molecule has 0 bridgehead atoms. The standard InChI is InChI=1S/C25H32N4O3/c1-18(16-23-12-13-24(32-23)19(2)25(30)28-14-4-5-15-28)29-17-21(26-27-29)9-6-20-7-10-22(31-3)11-8-20/h7-8,10-11,17-19,23-24H,4-5,12-16H2,1-3H3/t18-,19-,23+,24-/m1/s1. The number of rotatable bonds is 6. The van der Waals surface area contributed by atoms with Crippen LogP contribution in [0.1, 0.15) is 63.3 Å². The summed E-state index contributed by atoms with van der Waals surface area (Å²) >= 11 is 0. The average Bonchev–Trinajstić information content (AvgIpc) is 3.59. The van der Waals surface area contributed by atoms with Gasteiger partial charge in [-0.2, -0.15) is 0 Å². The van der Waals surface area contributed by atoms with Gasteiger partial charge in [0.25, 0.3) is 0 Å². The first-order chi connectivity index (χ1) is 15.5. The minimum Gasteiger partial charge on any atom is -0.497 e. The first kappa shape index (κ1) is 22.3. The number of nitrogens with zero attached hydrogens (tertiary/aromatic N) is 4. The topological polar surface area (TPSA) is 69.5 Å². The maximum Gasteiger partial charge on any atom is 0.228 e. The molecular formula is C25H32N4O3. The summed E-state index contributed by atoms with van der Waals surface area (Å²) < 4.78 is 13.3. The third-order valence-electron chi connectivity index (χ3n) is 6.50. The lowest BCUT2D eigenvalue weighted by Crippen LogP contribution is -2.38. The lowest BCUT2D eigenvalue weighted by atomic mass is 9.99. The van der Waals surface area contributed by atoms with Gasteiger partial charge in [-0.3, -0.25) is 4.79 Å². The van der Waals surface area contributed by atoms with E-state index in [0.29, 0.717) is 5.69 Å². The number of ether oxygens (including phenoxy) is 2. The van der Waals surface area contributed by atoms with Crippen molar-refractivity contribution in [2.75, 3.05) is 20.2 Å². The van der Waals surface area contributed by atoms with Gasteiger partial charge in [-0.1, -0.05) is 18.1 Å². The van der Waals surface area contributed by atoms with Crippen molar-refractivity contribution in [2.45, 2.75) is 64.2 Å². The fourth-order valence-corrected chi connectivity index (χ4v) is 4.51. The first-order valence-electron chi connectivity index (χ1n) is 11.6. The largest absolute Gasteiger partial charge is 0.497 e. The summed E-state index contributed by atoms with van der Waals surface area (Å²) in [6.07, 6.45) is 7.04. The minimum absolute atomic E-state index is 0.0157. The Morgan fingerprint density at radius 3 is 2.66 bits per heavy atom. The molecule has 2 saturated heterocycles. The molecule has 2 aromatic rings. The summed E-state index contributed by atoms with van der Waals surface area (Å²) in [5.74, 6) is 7.16. The van der Waals surface area contributed by atoms with E-state index in [2.05, 4.69) is 29.1 Å². The van der Waals surface area contributed by atoms with Crippen molar-refractivity contribution < 1.29 is 14.3 Å². The van der Waals surface area contributed by atoms with Gasteiger partial charge in [0.1, 0.15) is 5.75 Å². The van der Waals surface area contributed by atoms with E-state index in [1.54, 1.807) is 7.11 Å². The van der Waals surface area contributed by atoms with E-state index in [1.165, 1.54) is 0 Å². The minimum atomic E-state index is -0.0698. The number of carbonyl (C=O) groups excluding carboxylic acids is 1. The lowest BCUT2D eigenvalue weighted by Gasteiger charge is -2.25. The summed E-state index contributed by atoms with van der Waals surface area (Å²) in [7, 11) is 1.64. The molecule has 1 aromatic carbocycles. The van der Waals surface area contributed by atoms with Crippen molar-refractivity contribution in [1.29, 1.82) is 0 Å². The predicted molar refractivity (Wildman–Crippen MR) is 121 cm³/mol. The van der Waals surface area contributed by atoms with Crippen LogP contribution >= 0.6 is 0 Å². The molecule has 170 valence electrons. The Balaban J connectivity index is 1.29. The van der Waals surface area contributed by atoms with Gasteiger partial charge in [-0.15, -0.1) is 5.10 Å². The molecular weight excluding hydrogens is 404 g/mol. The zero-order valence-corrected chi connectivity index (χ0v) is 19.2. The van der Waals surface area contributed by atoms with Gasteiger partial charge in [0.05, 0.1) is 37.5 Å². The van der Waals surface area contributed by atoms with Gasteiger partial charge in [0.2, 0.25) is 5.91 Å². The van der Waals surface area contributed by atoms with Gasteiger partial charge in [0, 0.05) is 18.7 Å². The molecule has 4 atom stereocenters. The molecule has 0 unspecified atom stereocenters. The van der Waals surface area contributed by atoms with Crippen LogP contribution in [0.15, 0.2) is 30.5 Å². The Labute approximate surface area is 190 Å². The normalized spacial score (nSPS) is 22.3. The molecule has 2 aliphatic heterocycles. The molecule has 0 aliphatic carbocycles. The molecule has 4 rings (SSSR count). The molecule has 7 nitrogen and oxygen atoms in total. The van der Waals surface area contributed by atoms with Crippen molar-refractivity contribution >= 4 is 5.91 Å². The van der Waals surface area contributed by atoms with E-state index in [4.69, 9.17) is 9.47 Å². The van der Waals surface area contributed by atoms with E-state index in [-0.39, 0.29) is 30.1 Å². The monoisotopic (exact) mass is 436 g/mol. The zero-order valence-electron chi connectivity index (χ0n) is 19.2. The van der Waals surface area contributed by atoms with Gasteiger partial charge in [-0.05, 0) is 69.2 Å². The second kappa shape index (κ2) is 10.2. The van der Waals surface area contributed by atoms with Gasteiger partial charge >= 0.3 is 0 Å². The number of aromatic nitrogens is 3. The summed E-state index contributed by atoms with van der Waals surface area (Å²) in [6, 6.07) is 7.76. The maximum atomic E-state index is 12.7. The Morgan fingerprint density at radius 2 is 1.94 bits per heavy atom. The van der Waals surface area contributed by atoms with Crippen LogP contribution in [0.25, 0.3) is 0 Å². The first-order valence-corrected chi connectivity index (χ1v) is 11.6. The molecule has 32 heavy (non-hydrogen) atoms. The predicted octanol–water partition coefficient (Wildman–Crippen LogP) is 3.44. The molecule has 0 saturated carbocycles. The third-order valence-corrected chi connectivity index (χ3v) is 6.50. The van der Waals surface area contributed by atoms with Crippen LogP contribution in [0.4, 0.5) is 0 Å². The molecule has 1 aromatic heterocycles. The summed E-state index contributed by atoms with van der Waals surface area (Å²) in [6.45, 7) is 5.92. The van der Waals surface area contributed by atoms with Crippen LogP contribution in [0.5, 0.6) is 5.75 Å². The number of benzene rings is 1. The quantitative estimate of drug-likeness (QED) is 0.649. The van der Waals surface area contributed by atoms with Crippen LogP contribution in [0.3, 0.4) is 0 Å². The average molecular weight is 437 g/mol. The van der Waals surface area contributed by atoms with Crippen molar-refractivity contribution in [3.05, 3.63) is 41.7 Å². The summed E-state index contributed by atoms with van der Waals surface area (Å²) in [5, 5.41) is 8.46. The number of amides is 1. The summed E-state index contributed by atoms with van der Waals surface area (Å²) in [5.41, 5.74) is 1.54.